The van der Waals surface area contributed by atoms with E-state index in [0.717, 1.165) is 19.4 Å². The second-order valence-electron chi connectivity index (χ2n) is 4.68. The lowest BCUT2D eigenvalue weighted by atomic mass is 9.89. The molecule has 1 aromatic carbocycles. The summed E-state index contributed by atoms with van der Waals surface area (Å²) in [5, 5.41) is 4.34. The minimum Gasteiger partial charge on any atom is -0.373 e. The Kier molecular flexibility index (Phi) is 3.65. The van der Waals surface area contributed by atoms with Gasteiger partial charge in [-0.25, -0.2) is 0 Å². The van der Waals surface area contributed by atoms with Crippen molar-refractivity contribution in [2.45, 2.75) is 31.6 Å². The SMILES string of the molecule is Ic1cnn([C@H]2C[C@H](OCc3ccccc3)C2)c1. The van der Waals surface area contributed by atoms with Gasteiger partial charge in [-0.1, -0.05) is 30.3 Å². The molecule has 0 atom stereocenters. The highest BCUT2D eigenvalue weighted by atomic mass is 127. The summed E-state index contributed by atoms with van der Waals surface area (Å²) in [5.41, 5.74) is 1.24. The lowest BCUT2D eigenvalue weighted by Crippen LogP contribution is -2.33. The summed E-state index contributed by atoms with van der Waals surface area (Å²) in [5.74, 6) is 0. The van der Waals surface area contributed by atoms with E-state index < -0.39 is 0 Å². The zero-order chi connectivity index (χ0) is 12.4. The maximum atomic E-state index is 5.88. The average Bonchev–Trinajstić information content (AvgIpc) is 2.75. The molecule has 1 aliphatic carbocycles. The van der Waals surface area contributed by atoms with E-state index in [-0.39, 0.29) is 0 Å². The molecule has 0 spiro atoms. The fourth-order valence-electron chi connectivity index (χ4n) is 2.19. The Morgan fingerprint density at radius 3 is 2.72 bits per heavy atom. The van der Waals surface area contributed by atoms with Crippen molar-refractivity contribution < 1.29 is 4.74 Å². The number of ether oxygens (including phenoxy) is 1. The first-order valence-corrected chi connectivity index (χ1v) is 7.24. The molecular formula is C14H15IN2O. The van der Waals surface area contributed by atoms with E-state index in [0.29, 0.717) is 12.1 Å². The Labute approximate surface area is 120 Å². The minimum absolute atomic E-state index is 0.386. The molecule has 0 aliphatic heterocycles. The van der Waals surface area contributed by atoms with Crippen LogP contribution >= 0.6 is 22.6 Å². The van der Waals surface area contributed by atoms with Crippen LogP contribution in [-0.4, -0.2) is 15.9 Å². The molecular weight excluding hydrogens is 339 g/mol. The molecule has 4 heteroatoms. The van der Waals surface area contributed by atoms with Crippen molar-refractivity contribution >= 4 is 22.6 Å². The van der Waals surface area contributed by atoms with Crippen LogP contribution in [0.3, 0.4) is 0 Å². The lowest BCUT2D eigenvalue weighted by molar-refractivity contribution is -0.0383. The largest absolute Gasteiger partial charge is 0.373 e. The number of hydrogen-bond acceptors (Lipinski definition) is 2. The first-order chi connectivity index (χ1) is 8.81. The smallest absolute Gasteiger partial charge is 0.0720 e. The standard InChI is InChI=1S/C14H15IN2O/c15-12-8-16-17(9-12)13-6-14(7-13)18-10-11-4-2-1-3-5-11/h1-5,8-9,13-14H,6-7,10H2/t13-,14-. The van der Waals surface area contributed by atoms with E-state index in [1.807, 2.05) is 24.4 Å². The van der Waals surface area contributed by atoms with E-state index in [4.69, 9.17) is 4.74 Å². The van der Waals surface area contributed by atoms with E-state index >= 15 is 0 Å². The van der Waals surface area contributed by atoms with Crippen molar-refractivity contribution in [2.24, 2.45) is 0 Å². The molecule has 0 radical (unpaired) electrons. The minimum atomic E-state index is 0.386. The van der Waals surface area contributed by atoms with Gasteiger partial charge in [0.2, 0.25) is 0 Å². The molecule has 1 fully saturated rings. The predicted octanol–water partition coefficient (Wildman–Crippen LogP) is 3.41. The number of aromatic nitrogens is 2. The molecule has 3 rings (SSSR count). The zero-order valence-corrected chi connectivity index (χ0v) is 12.2. The highest BCUT2D eigenvalue weighted by molar-refractivity contribution is 14.1. The molecule has 18 heavy (non-hydrogen) atoms. The number of benzene rings is 1. The van der Waals surface area contributed by atoms with Gasteiger partial charge < -0.3 is 4.74 Å². The van der Waals surface area contributed by atoms with E-state index in [1.165, 1.54) is 9.13 Å². The number of halogens is 1. The van der Waals surface area contributed by atoms with Crippen LogP contribution in [0.15, 0.2) is 42.7 Å². The van der Waals surface area contributed by atoms with Crippen LogP contribution < -0.4 is 0 Å². The third-order valence-corrected chi connectivity index (χ3v) is 3.90. The summed E-state index contributed by atoms with van der Waals surface area (Å²) in [7, 11) is 0. The van der Waals surface area contributed by atoms with Gasteiger partial charge in [-0.05, 0) is 41.0 Å². The lowest BCUT2D eigenvalue weighted by Gasteiger charge is -2.35. The summed E-state index contributed by atoms with van der Waals surface area (Å²) in [6.45, 7) is 0.717. The molecule has 0 bridgehead atoms. The van der Waals surface area contributed by atoms with Gasteiger partial charge in [0.1, 0.15) is 0 Å². The summed E-state index contributed by atoms with van der Waals surface area (Å²) < 4.78 is 9.13. The average molecular weight is 354 g/mol. The Morgan fingerprint density at radius 1 is 1.28 bits per heavy atom. The van der Waals surface area contributed by atoms with Crippen molar-refractivity contribution in [3.05, 3.63) is 51.9 Å². The third-order valence-electron chi connectivity index (χ3n) is 3.34. The number of nitrogens with zero attached hydrogens (tertiary/aromatic N) is 2. The van der Waals surface area contributed by atoms with Gasteiger partial charge in [-0.3, -0.25) is 4.68 Å². The molecule has 94 valence electrons. The highest BCUT2D eigenvalue weighted by Gasteiger charge is 2.31. The fourth-order valence-corrected chi connectivity index (χ4v) is 2.60. The Bertz CT molecular complexity index is 506. The molecule has 0 unspecified atom stereocenters. The normalized spacial score (nSPS) is 22.7. The quantitative estimate of drug-likeness (QED) is 0.787. The topological polar surface area (TPSA) is 27.1 Å². The van der Waals surface area contributed by atoms with Crippen LogP contribution in [0.25, 0.3) is 0 Å². The summed E-state index contributed by atoms with van der Waals surface area (Å²) in [6, 6.07) is 10.9. The molecule has 1 aliphatic rings. The highest BCUT2D eigenvalue weighted by Crippen LogP contribution is 2.34. The van der Waals surface area contributed by atoms with Crippen molar-refractivity contribution in [1.82, 2.24) is 9.78 Å². The van der Waals surface area contributed by atoms with Crippen molar-refractivity contribution in [3.8, 4) is 0 Å². The van der Waals surface area contributed by atoms with Gasteiger partial charge in [-0.2, -0.15) is 5.10 Å². The van der Waals surface area contributed by atoms with Gasteiger partial charge in [-0.15, -0.1) is 0 Å². The van der Waals surface area contributed by atoms with Crippen LogP contribution in [0.1, 0.15) is 24.4 Å². The molecule has 0 saturated heterocycles. The first kappa shape index (κ1) is 12.2. The molecule has 1 heterocycles. The van der Waals surface area contributed by atoms with Crippen LogP contribution in [0.2, 0.25) is 0 Å². The number of hydrogen-bond donors (Lipinski definition) is 0. The van der Waals surface area contributed by atoms with Crippen LogP contribution in [0.5, 0.6) is 0 Å². The Hall–Kier alpha value is -0.880. The molecule has 0 N–H and O–H groups in total. The van der Waals surface area contributed by atoms with Gasteiger partial charge in [0.25, 0.3) is 0 Å². The van der Waals surface area contributed by atoms with Crippen molar-refractivity contribution in [3.63, 3.8) is 0 Å². The second kappa shape index (κ2) is 5.40. The molecule has 3 nitrogen and oxygen atoms in total. The second-order valence-corrected chi connectivity index (χ2v) is 5.93. The fraction of sp³-hybridized carbons (Fsp3) is 0.357. The summed E-state index contributed by atoms with van der Waals surface area (Å²) in [4.78, 5) is 0. The molecule has 1 saturated carbocycles. The van der Waals surface area contributed by atoms with Crippen LogP contribution in [0.4, 0.5) is 0 Å². The maximum Gasteiger partial charge on any atom is 0.0720 e. The van der Waals surface area contributed by atoms with Crippen molar-refractivity contribution in [2.75, 3.05) is 0 Å². The Balaban J connectivity index is 1.46. The van der Waals surface area contributed by atoms with Gasteiger partial charge in [0, 0.05) is 6.20 Å². The Morgan fingerprint density at radius 2 is 2.06 bits per heavy atom. The third kappa shape index (κ3) is 2.75. The first-order valence-electron chi connectivity index (χ1n) is 6.16. The summed E-state index contributed by atoms with van der Waals surface area (Å²) >= 11 is 2.29. The maximum absolute atomic E-state index is 5.88. The van der Waals surface area contributed by atoms with Crippen molar-refractivity contribution in [1.29, 1.82) is 0 Å². The van der Waals surface area contributed by atoms with E-state index in [2.05, 4.69) is 50.7 Å². The van der Waals surface area contributed by atoms with Gasteiger partial charge in [0.15, 0.2) is 0 Å². The zero-order valence-electron chi connectivity index (χ0n) is 10.00. The van der Waals surface area contributed by atoms with Gasteiger partial charge >= 0.3 is 0 Å². The molecule has 2 aromatic rings. The monoisotopic (exact) mass is 354 g/mol. The van der Waals surface area contributed by atoms with Crippen LogP contribution in [0, 0.1) is 3.57 Å². The molecule has 0 amide bonds. The number of rotatable bonds is 4. The van der Waals surface area contributed by atoms with Gasteiger partial charge in [0.05, 0.1) is 28.5 Å². The predicted molar refractivity (Wildman–Crippen MR) is 78.2 cm³/mol. The van der Waals surface area contributed by atoms with Crippen LogP contribution in [-0.2, 0) is 11.3 Å². The molecule has 1 aromatic heterocycles. The van der Waals surface area contributed by atoms with E-state index in [9.17, 15) is 0 Å². The summed E-state index contributed by atoms with van der Waals surface area (Å²) in [6.07, 6.45) is 6.53. The van der Waals surface area contributed by atoms with E-state index in [1.54, 1.807) is 0 Å².